The van der Waals surface area contributed by atoms with Crippen molar-refractivity contribution in [2.24, 2.45) is 0 Å². The molecule has 1 amide bonds. The number of nitrogens with one attached hydrogen (secondary N) is 1. The van der Waals surface area contributed by atoms with Crippen LogP contribution in [0.3, 0.4) is 0 Å². The maximum absolute atomic E-state index is 12.8. The van der Waals surface area contributed by atoms with E-state index in [0.717, 1.165) is 23.4 Å². The number of halogens is 1. The first-order chi connectivity index (χ1) is 14.0. The molecule has 7 heteroatoms. The smallest absolute Gasteiger partial charge is 0.238 e. The van der Waals surface area contributed by atoms with Crippen molar-refractivity contribution in [3.8, 4) is 17.2 Å². The molecule has 0 aromatic heterocycles. The number of hydrogen-bond acceptors (Lipinski definition) is 5. The number of amides is 1. The van der Waals surface area contributed by atoms with Crippen LogP contribution in [0.25, 0.3) is 0 Å². The van der Waals surface area contributed by atoms with E-state index in [0.29, 0.717) is 29.0 Å². The fourth-order valence-electron chi connectivity index (χ4n) is 3.50. The number of ether oxygens (including phenoxy) is 3. The number of benzene rings is 2. The van der Waals surface area contributed by atoms with Crippen LogP contribution in [0.15, 0.2) is 36.4 Å². The molecule has 1 saturated carbocycles. The van der Waals surface area contributed by atoms with Crippen molar-refractivity contribution in [1.82, 2.24) is 4.90 Å². The minimum atomic E-state index is -0.106. The minimum absolute atomic E-state index is 0.0434. The molecule has 2 aromatic carbocycles. The van der Waals surface area contributed by atoms with Crippen molar-refractivity contribution in [2.45, 2.75) is 31.8 Å². The highest BCUT2D eigenvalue weighted by atomic mass is 35.5. The lowest BCUT2D eigenvalue weighted by molar-refractivity contribution is -0.118. The number of hydrogen-bond donors (Lipinski definition) is 1. The van der Waals surface area contributed by atoms with Crippen LogP contribution in [0.1, 0.15) is 31.4 Å². The predicted molar refractivity (Wildman–Crippen MR) is 114 cm³/mol. The molecule has 0 heterocycles. The Hall–Kier alpha value is -2.44. The van der Waals surface area contributed by atoms with Crippen molar-refractivity contribution < 1.29 is 19.0 Å². The van der Waals surface area contributed by atoms with Gasteiger partial charge < -0.3 is 19.5 Å². The van der Waals surface area contributed by atoms with E-state index in [-0.39, 0.29) is 18.5 Å². The Morgan fingerprint density at radius 2 is 1.76 bits per heavy atom. The van der Waals surface area contributed by atoms with Crippen molar-refractivity contribution in [3.63, 3.8) is 0 Å². The third-order valence-corrected chi connectivity index (χ3v) is 5.49. The summed E-state index contributed by atoms with van der Waals surface area (Å²) >= 11 is 6.38. The topological polar surface area (TPSA) is 60.0 Å². The molecule has 1 aliphatic carbocycles. The van der Waals surface area contributed by atoms with Gasteiger partial charge in [-0.1, -0.05) is 29.8 Å². The molecule has 1 atom stereocenters. The highest BCUT2D eigenvalue weighted by molar-refractivity contribution is 6.31. The third-order valence-electron chi connectivity index (χ3n) is 5.14. The molecule has 29 heavy (non-hydrogen) atoms. The standard InChI is InChI=1S/C22H27ClN2O4/c1-14(17-7-5-6-8-18(17)23)25(16-9-10-16)13-21(26)24-15-11-19(27-2)22(29-4)20(12-15)28-3/h5-8,11-12,14,16H,9-10,13H2,1-4H3,(H,24,26). The fourth-order valence-corrected chi connectivity index (χ4v) is 3.79. The summed E-state index contributed by atoms with van der Waals surface area (Å²) in [7, 11) is 4.63. The van der Waals surface area contributed by atoms with Crippen molar-refractivity contribution in [3.05, 3.63) is 47.0 Å². The van der Waals surface area contributed by atoms with Crippen LogP contribution in [0.4, 0.5) is 5.69 Å². The molecule has 0 bridgehead atoms. The summed E-state index contributed by atoms with van der Waals surface area (Å²) in [6.07, 6.45) is 2.18. The summed E-state index contributed by atoms with van der Waals surface area (Å²) in [6.45, 7) is 2.36. The summed E-state index contributed by atoms with van der Waals surface area (Å²) in [6, 6.07) is 11.7. The first-order valence-electron chi connectivity index (χ1n) is 9.58. The number of rotatable bonds is 9. The Morgan fingerprint density at radius 1 is 1.14 bits per heavy atom. The maximum Gasteiger partial charge on any atom is 0.238 e. The van der Waals surface area contributed by atoms with Gasteiger partial charge in [-0.25, -0.2) is 0 Å². The summed E-state index contributed by atoms with van der Waals surface area (Å²) in [5.41, 5.74) is 1.62. The Balaban J connectivity index is 1.76. The van der Waals surface area contributed by atoms with E-state index in [4.69, 9.17) is 25.8 Å². The van der Waals surface area contributed by atoms with E-state index in [1.54, 1.807) is 33.5 Å². The average molecular weight is 419 g/mol. The zero-order chi connectivity index (χ0) is 21.0. The Bertz CT molecular complexity index is 845. The lowest BCUT2D eigenvalue weighted by Crippen LogP contribution is -2.37. The van der Waals surface area contributed by atoms with Gasteiger partial charge in [0.25, 0.3) is 0 Å². The molecule has 1 fully saturated rings. The molecule has 0 aliphatic heterocycles. The molecule has 1 unspecified atom stereocenters. The maximum atomic E-state index is 12.8. The van der Waals surface area contributed by atoms with Crippen LogP contribution in [0, 0.1) is 0 Å². The number of carbonyl (C=O) groups excluding carboxylic acids is 1. The van der Waals surface area contributed by atoms with Crippen LogP contribution < -0.4 is 19.5 Å². The lowest BCUT2D eigenvalue weighted by atomic mass is 10.1. The lowest BCUT2D eigenvalue weighted by Gasteiger charge is -2.29. The Labute approximate surface area is 176 Å². The van der Waals surface area contributed by atoms with Gasteiger partial charge in [0, 0.05) is 34.9 Å². The molecule has 1 N–H and O–H groups in total. The van der Waals surface area contributed by atoms with Gasteiger partial charge in [0.2, 0.25) is 11.7 Å². The van der Waals surface area contributed by atoms with Gasteiger partial charge >= 0.3 is 0 Å². The predicted octanol–water partition coefficient (Wildman–Crippen LogP) is 4.53. The number of nitrogens with zero attached hydrogens (tertiary/aromatic N) is 1. The number of anilines is 1. The molecule has 1 aliphatic rings. The van der Waals surface area contributed by atoms with Gasteiger partial charge in [-0.3, -0.25) is 9.69 Å². The zero-order valence-electron chi connectivity index (χ0n) is 17.2. The van der Waals surface area contributed by atoms with Gasteiger partial charge in [0.1, 0.15) is 0 Å². The van der Waals surface area contributed by atoms with Gasteiger partial charge in [0.15, 0.2) is 11.5 Å². The van der Waals surface area contributed by atoms with Crippen LogP contribution in [0.5, 0.6) is 17.2 Å². The van der Waals surface area contributed by atoms with E-state index in [9.17, 15) is 4.79 Å². The van der Waals surface area contributed by atoms with E-state index >= 15 is 0 Å². The molecule has 0 radical (unpaired) electrons. The van der Waals surface area contributed by atoms with Crippen LogP contribution in [0.2, 0.25) is 5.02 Å². The minimum Gasteiger partial charge on any atom is -0.493 e. The van der Waals surface area contributed by atoms with Gasteiger partial charge in [-0.15, -0.1) is 0 Å². The van der Waals surface area contributed by atoms with Crippen molar-refractivity contribution in [2.75, 3.05) is 33.2 Å². The molecule has 2 aromatic rings. The molecule has 0 saturated heterocycles. The molecule has 6 nitrogen and oxygen atoms in total. The molecular weight excluding hydrogens is 392 g/mol. The van der Waals surface area contributed by atoms with E-state index in [1.807, 2.05) is 24.3 Å². The molecule has 3 rings (SSSR count). The SMILES string of the molecule is COc1cc(NC(=O)CN(C2CC2)C(C)c2ccccc2Cl)cc(OC)c1OC. The monoisotopic (exact) mass is 418 g/mol. The summed E-state index contributed by atoms with van der Waals surface area (Å²) in [5.74, 6) is 1.36. The van der Waals surface area contributed by atoms with Crippen LogP contribution in [-0.2, 0) is 4.79 Å². The van der Waals surface area contributed by atoms with E-state index < -0.39 is 0 Å². The molecular formula is C22H27ClN2O4. The zero-order valence-corrected chi connectivity index (χ0v) is 18.0. The third kappa shape index (κ3) is 4.95. The van der Waals surface area contributed by atoms with Crippen LogP contribution in [-0.4, -0.2) is 44.7 Å². The van der Waals surface area contributed by atoms with E-state index in [1.165, 1.54) is 0 Å². The Kier molecular flexibility index (Phi) is 6.87. The normalized spacial score (nSPS) is 14.4. The summed E-state index contributed by atoms with van der Waals surface area (Å²) in [4.78, 5) is 15.0. The Morgan fingerprint density at radius 3 is 2.28 bits per heavy atom. The van der Waals surface area contributed by atoms with Gasteiger partial charge in [0.05, 0.1) is 27.9 Å². The average Bonchev–Trinajstić information content (AvgIpc) is 3.56. The summed E-state index contributed by atoms with van der Waals surface area (Å²) < 4.78 is 16.0. The number of methoxy groups -OCH3 is 3. The van der Waals surface area contributed by atoms with Crippen LogP contribution >= 0.6 is 11.6 Å². The highest BCUT2D eigenvalue weighted by Crippen LogP contribution is 2.40. The van der Waals surface area contributed by atoms with E-state index in [2.05, 4.69) is 17.1 Å². The first-order valence-corrected chi connectivity index (χ1v) is 9.96. The first kappa shape index (κ1) is 21.3. The molecule has 0 spiro atoms. The molecule has 156 valence electrons. The van der Waals surface area contributed by atoms with Crippen molar-refractivity contribution >= 4 is 23.2 Å². The van der Waals surface area contributed by atoms with Crippen molar-refractivity contribution in [1.29, 1.82) is 0 Å². The second kappa shape index (κ2) is 9.37. The second-order valence-corrected chi connectivity index (χ2v) is 7.47. The van der Waals surface area contributed by atoms with Gasteiger partial charge in [-0.05, 0) is 31.4 Å². The largest absolute Gasteiger partial charge is 0.493 e. The quantitative estimate of drug-likeness (QED) is 0.648. The highest BCUT2D eigenvalue weighted by Gasteiger charge is 2.34. The van der Waals surface area contributed by atoms with Gasteiger partial charge in [-0.2, -0.15) is 0 Å². The number of carbonyl (C=O) groups is 1. The summed E-state index contributed by atoms with van der Waals surface area (Å²) in [5, 5.41) is 3.67. The second-order valence-electron chi connectivity index (χ2n) is 7.06. The fraction of sp³-hybridized carbons (Fsp3) is 0.409.